The van der Waals surface area contributed by atoms with E-state index in [9.17, 15) is 0 Å². The van der Waals surface area contributed by atoms with Gasteiger partial charge in [0.15, 0.2) is 0 Å². The molecule has 0 amide bonds. The Hall–Kier alpha value is -0.0800. The van der Waals surface area contributed by atoms with E-state index in [2.05, 4.69) is 20.8 Å². The van der Waals surface area contributed by atoms with Crippen LogP contribution in [0, 0.1) is 0 Å². The molecule has 1 aliphatic rings. The maximum absolute atomic E-state index is 5.89. The largest absolute Gasteiger partial charge is 0.372 e. The van der Waals surface area contributed by atoms with Crippen molar-refractivity contribution < 1.29 is 4.74 Å². The molecule has 2 unspecified atom stereocenters. The number of nitrogens with two attached hydrogens (primary N) is 1. The zero-order valence-electron chi connectivity index (χ0n) is 9.18. The molecule has 0 radical (unpaired) electrons. The van der Waals surface area contributed by atoms with Crippen LogP contribution < -0.4 is 5.73 Å². The van der Waals surface area contributed by atoms with Crippen LogP contribution in [0.15, 0.2) is 0 Å². The van der Waals surface area contributed by atoms with Gasteiger partial charge in [-0.25, -0.2) is 0 Å². The highest BCUT2D eigenvalue weighted by atomic mass is 16.5. The van der Waals surface area contributed by atoms with Crippen LogP contribution in [0.5, 0.6) is 0 Å². The standard InChI is InChI=1S/C11H23NO/c1-4-9(12)5-6-10-7-8-11(2,3)13-10/h9-10H,4-8,12H2,1-3H3. The van der Waals surface area contributed by atoms with Crippen molar-refractivity contribution in [1.82, 2.24) is 0 Å². The summed E-state index contributed by atoms with van der Waals surface area (Å²) in [6.07, 6.45) is 6.20. The molecule has 78 valence electrons. The molecular weight excluding hydrogens is 162 g/mol. The van der Waals surface area contributed by atoms with E-state index in [1.807, 2.05) is 0 Å². The lowest BCUT2D eigenvalue weighted by Crippen LogP contribution is -2.23. The molecule has 1 rings (SSSR count). The van der Waals surface area contributed by atoms with Gasteiger partial charge >= 0.3 is 0 Å². The van der Waals surface area contributed by atoms with Crippen LogP contribution in [0.3, 0.4) is 0 Å². The fraction of sp³-hybridized carbons (Fsp3) is 1.00. The van der Waals surface area contributed by atoms with Gasteiger partial charge in [-0.3, -0.25) is 0 Å². The maximum Gasteiger partial charge on any atom is 0.0631 e. The van der Waals surface area contributed by atoms with Gasteiger partial charge in [-0.15, -0.1) is 0 Å². The summed E-state index contributed by atoms with van der Waals surface area (Å²) in [4.78, 5) is 0. The summed E-state index contributed by atoms with van der Waals surface area (Å²) in [5, 5.41) is 0. The molecule has 1 heterocycles. The summed E-state index contributed by atoms with van der Waals surface area (Å²) in [6.45, 7) is 6.49. The quantitative estimate of drug-likeness (QED) is 0.730. The molecule has 0 aromatic heterocycles. The Balaban J connectivity index is 2.17. The van der Waals surface area contributed by atoms with Gasteiger partial charge in [0.1, 0.15) is 0 Å². The van der Waals surface area contributed by atoms with Gasteiger partial charge in [-0.05, 0) is 46.0 Å². The van der Waals surface area contributed by atoms with Crippen molar-refractivity contribution in [2.24, 2.45) is 5.73 Å². The lowest BCUT2D eigenvalue weighted by atomic mass is 10.0. The van der Waals surface area contributed by atoms with E-state index in [1.54, 1.807) is 0 Å². The van der Waals surface area contributed by atoms with Crippen LogP contribution in [0.25, 0.3) is 0 Å². The highest BCUT2D eigenvalue weighted by Crippen LogP contribution is 2.31. The van der Waals surface area contributed by atoms with Crippen LogP contribution in [-0.4, -0.2) is 17.7 Å². The van der Waals surface area contributed by atoms with E-state index in [0.29, 0.717) is 12.1 Å². The molecule has 2 heteroatoms. The van der Waals surface area contributed by atoms with Gasteiger partial charge < -0.3 is 10.5 Å². The lowest BCUT2D eigenvalue weighted by Gasteiger charge is -2.20. The molecule has 0 saturated carbocycles. The molecule has 0 spiro atoms. The summed E-state index contributed by atoms with van der Waals surface area (Å²) in [5.74, 6) is 0. The average molecular weight is 185 g/mol. The Morgan fingerprint density at radius 3 is 2.69 bits per heavy atom. The minimum atomic E-state index is 0.112. The van der Waals surface area contributed by atoms with E-state index in [1.165, 1.54) is 12.8 Å². The highest BCUT2D eigenvalue weighted by Gasteiger charge is 2.31. The number of ether oxygens (including phenoxy) is 1. The minimum Gasteiger partial charge on any atom is -0.372 e. The molecule has 1 saturated heterocycles. The van der Waals surface area contributed by atoms with Crippen molar-refractivity contribution in [3.8, 4) is 0 Å². The van der Waals surface area contributed by atoms with E-state index in [-0.39, 0.29) is 5.60 Å². The van der Waals surface area contributed by atoms with E-state index in [0.717, 1.165) is 19.3 Å². The van der Waals surface area contributed by atoms with Gasteiger partial charge in [0.05, 0.1) is 11.7 Å². The van der Waals surface area contributed by atoms with Crippen LogP contribution in [0.2, 0.25) is 0 Å². The smallest absolute Gasteiger partial charge is 0.0631 e. The topological polar surface area (TPSA) is 35.2 Å². The molecule has 0 aromatic carbocycles. The molecule has 2 N–H and O–H groups in total. The summed E-state index contributed by atoms with van der Waals surface area (Å²) < 4.78 is 5.89. The molecule has 1 fully saturated rings. The third-order valence-electron chi connectivity index (χ3n) is 2.94. The molecule has 1 aliphatic heterocycles. The Bertz CT molecular complexity index is 156. The Morgan fingerprint density at radius 1 is 1.54 bits per heavy atom. The summed E-state index contributed by atoms with van der Waals surface area (Å²) in [6, 6.07) is 0.368. The molecule has 0 bridgehead atoms. The lowest BCUT2D eigenvalue weighted by molar-refractivity contribution is -0.0195. The van der Waals surface area contributed by atoms with Crippen molar-refractivity contribution in [2.45, 2.75) is 70.6 Å². The molecule has 0 aliphatic carbocycles. The first-order valence-corrected chi connectivity index (χ1v) is 5.47. The molecule has 13 heavy (non-hydrogen) atoms. The Kier molecular flexibility index (Phi) is 3.74. The van der Waals surface area contributed by atoms with Crippen molar-refractivity contribution >= 4 is 0 Å². The van der Waals surface area contributed by atoms with Gasteiger partial charge in [0.2, 0.25) is 0 Å². The van der Waals surface area contributed by atoms with Crippen molar-refractivity contribution in [3.05, 3.63) is 0 Å². The second-order valence-corrected chi connectivity index (χ2v) is 4.78. The summed E-state index contributed by atoms with van der Waals surface area (Å²) in [7, 11) is 0. The van der Waals surface area contributed by atoms with Crippen LogP contribution in [0.1, 0.15) is 52.9 Å². The van der Waals surface area contributed by atoms with Crippen molar-refractivity contribution in [3.63, 3.8) is 0 Å². The molecule has 0 aromatic rings. The van der Waals surface area contributed by atoms with E-state index >= 15 is 0 Å². The molecule has 2 nitrogen and oxygen atoms in total. The minimum absolute atomic E-state index is 0.112. The van der Waals surface area contributed by atoms with E-state index in [4.69, 9.17) is 10.5 Å². The fourth-order valence-corrected chi connectivity index (χ4v) is 1.88. The second kappa shape index (κ2) is 4.43. The third-order valence-corrected chi connectivity index (χ3v) is 2.94. The SMILES string of the molecule is CCC(N)CCC1CCC(C)(C)O1. The Labute approximate surface area is 81.8 Å². The first-order chi connectivity index (χ1) is 6.03. The zero-order chi connectivity index (χ0) is 9.90. The van der Waals surface area contributed by atoms with Crippen LogP contribution >= 0.6 is 0 Å². The molecule has 2 atom stereocenters. The maximum atomic E-state index is 5.89. The first-order valence-electron chi connectivity index (χ1n) is 5.47. The second-order valence-electron chi connectivity index (χ2n) is 4.78. The summed E-state index contributed by atoms with van der Waals surface area (Å²) in [5.41, 5.74) is 5.98. The predicted molar refractivity (Wildman–Crippen MR) is 55.7 cm³/mol. The van der Waals surface area contributed by atoms with Crippen LogP contribution in [-0.2, 0) is 4.74 Å². The number of hydrogen-bond acceptors (Lipinski definition) is 2. The molecular formula is C11H23NO. The van der Waals surface area contributed by atoms with Gasteiger partial charge in [-0.2, -0.15) is 0 Å². The predicted octanol–water partition coefficient (Wildman–Crippen LogP) is 2.46. The highest BCUT2D eigenvalue weighted by molar-refractivity contribution is 4.81. The van der Waals surface area contributed by atoms with Gasteiger partial charge in [0, 0.05) is 6.04 Å². The average Bonchev–Trinajstić information content (AvgIpc) is 2.41. The Morgan fingerprint density at radius 2 is 2.23 bits per heavy atom. The summed E-state index contributed by atoms with van der Waals surface area (Å²) >= 11 is 0. The normalized spacial score (nSPS) is 29.1. The van der Waals surface area contributed by atoms with Crippen molar-refractivity contribution in [2.75, 3.05) is 0 Å². The van der Waals surface area contributed by atoms with Crippen LogP contribution in [0.4, 0.5) is 0 Å². The number of hydrogen-bond donors (Lipinski definition) is 1. The van der Waals surface area contributed by atoms with E-state index < -0.39 is 0 Å². The first kappa shape index (κ1) is 11.0. The fourth-order valence-electron chi connectivity index (χ4n) is 1.88. The monoisotopic (exact) mass is 185 g/mol. The van der Waals surface area contributed by atoms with Crippen molar-refractivity contribution in [1.29, 1.82) is 0 Å². The van der Waals surface area contributed by atoms with Gasteiger partial charge in [0.25, 0.3) is 0 Å². The third kappa shape index (κ3) is 3.65. The zero-order valence-corrected chi connectivity index (χ0v) is 9.18. The van der Waals surface area contributed by atoms with Gasteiger partial charge in [-0.1, -0.05) is 6.92 Å². The number of rotatable bonds is 4.